The molecule has 0 heterocycles. The number of carbonyl (C=O) groups is 1. The Morgan fingerprint density at radius 1 is 1.03 bits per heavy atom. The van der Waals surface area contributed by atoms with Crippen LogP contribution in [0.25, 0.3) is 6.08 Å². The van der Waals surface area contributed by atoms with E-state index in [0.29, 0.717) is 24.1 Å². The first kappa shape index (κ1) is 23.8. The number of hydrogen-bond acceptors (Lipinski definition) is 5. The lowest BCUT2D eigenvalue weighted by Gasteiger charge is -2.17. The zero-order valence-corrected chi connectivity index (χ0v) is 19.8. The Hall–Kier alpha value is -3.33. The summed E-state index contributed by atoms with van der Waals surface area (Å²) in [6, 6.07) is 16.2. The van der Waals surface area contributed by atoms with Gasteiger partial charge in [0.25, 0.3) is 5.91 Å². The van der Waals surface area contributed by atoms with Gasteiger partial charge in [-0.3, -0.25) is 4.79 Å². The van der Waals surface area contributed by atoms with Crippen molar-refractivity contribution in [3.8, 4) is 11.5 Å². The number of hydrogen-bond donors (Lipinski definition) is 3. The van der Waals surface area contributed by atoms with Crippen LogP contribution in [0.5, 0.6) is 11.5 Å². The normalized spacial score (nSPS) is 13.8. The van der Waals surface area contributed by atoms with Gasteiger partial charge >= 0.3 is 0 Å². The van der Waals surface area contributed by atoms with Crippen molar-refractivity contribution in [2.24, 2.45) is 0 Å². The highest BCUT2D eigenvalue weighted by Crippen LogP contribution is 2.32. The van der Waals surface area contributed by atoms with Crippen molar-refractivity contribution in [1.82, 2.24) is 4.72 Å². The number of likely N-dealkylation sites (N-methyl/N-ethyl adjacent to an activating group) is 1. The van der Waals surface area contributed by atoms with Crippen molar-refractivity contribution in [2.75, 3.05) is 11.9 Å². The van der Waals surface area contributed by atoms with Crippen LogP contribution in [0.2, 0.25) is 5.02 Å². The first-order valence-electron chi connectivity index (χ1n) is 10.5. The molecule has 176 valence electrons. The summed E-state index contributed by atoms with van der Waals surface area (Å²) < 4.78 is 28.5. The molecule has 0 atom stereocenters. The molecule has 9 heteroatoms. The number of benzene rings is 3. The van der Waals surface area contributed by atoms with E-state index in [1.165, 1.54) is 41.3 Å². The van der Waals surface area contributed by atoms with E-state index in [1.54, 1.807) is 19.2 Å². The number of aromatic hydroxyl groups is 2. The highest BCUT2D eigenvalue weighted by atomic mass is 35.5. The molecule has 0 aromatic heterocycles. The first-order valence-corrected chi connectivity index (χ1v) is 12.4. The molecule has 0 aliphatic heterocycles. The summed E-state index contributed by atoms with van der Waals surface area (Å²) in [5.74, 6) is -1.09. The Balaban J connectivity index is 1.42. The fourth-order valence-electron chi connectivity index (χ4n) is 3.87. The van der Waals surface area contributed by atoms with E-state index >= 15 is 0 Å². The average molecular weight is 499 g/mol. The molecule has 0 spiro atoms. The molecule has 3 aromatic rings. The van der Waals surface area contributed by atoms with Crippen LogP contribution in [0.4, 0.5) is 5.69 Å². The van der Waals surface area contributed by atoms with Crippen LogP contribution in [-0.4, -0.2) is 37.6 Å². The van der Waals surface area contributed by atoms with Gasteiger partial charge in [0.2, 0.25) is 10.0 Å². The van der Waals surface area contributed by atoms with Crippen molar-refractivity contribution in [3.05, 3.63) is 88.5 Å². The summed E-state index contributed by atoms with van der Waals surface area (Å²) in [6.45, 7) is 0. The number of nitrogens with zero attached hydrogens (tertiary/aromatic N) is 1. The lowest BCUT2D eigenvalue weighted by molar-refractivity contribution is -0.113. The fraction of sp³-hybridized carbons (Fsp3) is 0.160. The van der Waals surface area contributed by atoms with E-state index in [1.807, 2.05) is 24.3 Å². The maximum atomic E-state index is 12.8. The lowest BCUT2D eigenvalue weighted by atomic mass is 10.1. The fourth-order valence-corrected chi connectivity index (χ4v) is 5.33. The summed E-state index contributed by atoms with van der Waals surface area (Å²) in [5.41, 5.74) is 3.17. The number of phenols is 2. The molecular formula is C25H23ClN2O5S. The van der Waals surface area contributed by atoms with Crippen molar-refractivity contribution >= 4 is 39.3 Å². The molecule has 4 rings (SSSR count). The SMILES string of the molecule is CN(C(=O)C=Cc1cc(O)c(O)cc1Cl)c1ccc(S(=O)(=O)NC2Cc3ccccc3C2)cc1. The highest BCUT2D eigenvalue weighted by Gasteiger charge is 2.26. The Bertz CT molecular complexity index is 1350. The summed E-state index contributed by atoms with van der Waals surface area (Å²) in [5, 5.41) is 19.2. The minimum absolute atomic E-state index is 0.120. The monoisotopic (exact) mass is 498 g/mol. The number of fused-ring (bicyclic) bond motifs is 1. The molecule has 0 radical (unpaired) electrons. The van der Waals surface area contributed by atoms with Gasteiger partial charge in [0.05, 0.1) is 9.92 Å². The van der Waals surface area contributed by atoms with Gasteiger partial charge in [-0.2, -0.15) is 0 Å². The second-order valence-corrected chi connectivity index (χ2v) is 10.2. The number of anilines is 1. The van der Waals surface area contributed by atoms with Gasteiger partial charge in [-0.05, 0) is 65.9 Å². The molecule has 0 bridgehead atoms. The molecule has 3 N–H and O–H groups in total. The molecule has 0 saturated heterocycles. The van der Waals surface area contributed by atoms with Crippen LogP contribution in [0, 0.1) is 0 Å². The van der Waals surface area contributed by atoms with Gasteiger partial charge in [0.15, 0.2) is 11.5 Å². The molecule has 0 fully saturated rings. The number of carbonyl (C=O) groups excluding carboxylic acids is 1. The zero-order valence-electron chi connectivity index (χ0n) is 18.3. The van der Waals surface area contributed by atoms with Gasteiger partial charge < -0.3 is 15.1 Å². The molecule has 1 aliphatic carbocycles. The van der Waals surface area contributed by atoms with Crippen LogP contribution >= 0.6 is 11.6 Å². The van der Waals surface area contributed by atoms with E-state index in [4.69, 9.17) is 11.6 Å². The second kappa shape index (κ2) is 9.50. The Morgan fingerprint density at radius 3 is 2.24 bits per heavy atom. The van der Waals surface area contributed by atoms with E-state index in [-0.39, 0.29) is 33.4 Å². The third-order valence-corrected chi connectivity index (χ3v) is 7.60. The quantitative estimate of drug-likeness (QED) is 0.353. The molecular weight excluding hydrogens is 476 g/mol. The number of sulfonamides is 1. The molecule has 7 nitrogen and oxygen atoms in total. The maximum Gasteiger partial charge on any atom is 0.250 e. The van der Waals surface area contributed by atoms with Crippen molar-refractivity contribution in [3.63, 3.8) is 0 Å². The number of rotatable bonds is 6. The number of nitrogens with one attached hydrogen (secondary N) is 1. The lowest BCUT2D eigenvalue weighted by Crippen LogP contribution is -2.35. The van der Waals surface area contributed by atoms with E-state index < -0.39 is 10.0 Å². The van der Waals surface area contributed by atoms with Crippen molar-refractivity contribution in [2.45, 2.75) is 23.8 Å². The Labute approximate surface area is 203 Å². The van der Waals surface area contributed by atoms with Gasteiger partial charge in [-0.25, -0.2) is 13.1 Å². The van der Waals surface area contributed by atoms with Crippen LogP contribution in [0.3, 0.4) is 0 Å². The summed E-state index contributed by atoms with van der Waals surface area (Å²) in [6.07, 6.45) is 3.99. The summed E-state index contributed by atoms with van der Waals surface area (Å²) in [4.78, 5) is 14.0. The maximum absolute atomic E-state index is 12.8. The predicted octanol–water partition coefficient (Wildman–Crippen LogP) is 3.87. The summed E-state index contributed by atoms with van der Waals surface area (Å²) >= 11 is 6.02. The number of amides is 1. The molecule has 34 heavy (non-hydrogen) atoms. The Kier molecular flexibility index (Phi) is 6.65. The predicted molar refractivity (Wildman–Crippen MR) is 132 cm³/mol. The third kappa shape index (κ3) is 5.09. The molecule has 1 aliphatic rings. The number of phenolic OH excluding ortho intramolecular Hbond substituents is 2. The third-order valence-electron chi connectivity index (χ3n) is 5.74. The van der Waals surface area contributed by atoms with Gasteiger partial charge in [-0.15, -0.1) is 0 Å². The first-order chi connectivity index (χ1) is 16.1. The Morgan fingerprint density at radius 2 is 1.62 bits per heavy atom. The minimum Gasteiger partial charge on any atom is -0.504 e. The van der Waals surface area contributed by atoms with Gasteiger partial charge in [-0.1, -0.05) is 35.9 Å². The average Bonchev–Trinajstić information content (AvgIpc) is 3.21. The number of halogens is 1. The van der Waals surface area contributed by atoms with E-state index in [2.05, 4.69) is 4.72 Å². The smallest absolute Gasteiger partial charge is 0.250 e. The van der Waals surface area contributed by atoms with Crippen LogP contribution in [0.1, 0.15) is 16.7 Å². The van der Waals surface area contributed by atoms with Gasteiger partial charge in [0, 0.05) is 30.9 Å². The molecule has 0 unspecified atom stereocenters. The van der Waals surface area contributed by atoms with Crippen molar-refractivity contribution in [1.29, 1.82) is 0 Å². The van der Waals surface area contributed by atoms with Crippen LogP contribution in [0.15, 0.2) is 71.6 Å². The van der Waals surface area contributed by atoms with Gasteiger partial charge in [0.1, 0.15) is 0 Å². The van der Waals surface area contributed by atoms with Crippen molar-refractivity contribution < 1.29 is 23.4 Å². The zero-order chi connectivity index (χ0) is 24.5. The molecule has 3 aromatic carbocycles. The van der Waals surface area contributed by atoms with Crippen LogP contribution in [-0.2, 0) is 27.7 Å². The standard InChI is InChI=1S/C25H23ClN2O5S/c1-28(25(31)11-6-18-14-23(29)24(30)15-22(18)26)20-7-9-21(10-8-20)34(32,33)27-19-12-16-4-2-3-5-17(16)13-19/h2-11,14-15,19,27,29-30H,12-13H2,1H3. The van der Waals surface area contributed by atoms with E-state index in [9.17, 15) is 23.4 Å². The topological polar surface area (TPSA) is 107 Å². The highest BCUT2D eigenvalue weighted by molar-refractivity contribution is 7.89. The largest absolute Gasteiger partial charge is 0.504 e. The van der Waals surface area contributed by atoms with Crippen LogP contribution < -0.4 is 9.62 Å². The summed E-state index contributed by atoms with van der Waals surface area (Å²) in [7, 11) is -2.15. The molecule has 0 saturated carbocycles. The second-order valence-electron chi connectivity index (χ2n) is 8.08. The van der Waals surface area contributed by atoms with E-state index in [0.717, 1.165) is 11.1 Å². The minimum atomic E-state index is -3.71. The molecule has 1 amide bonds.